The van der Waals surface area contributed by atoms with Gasteiger partial charge in [-0.2, -0.15) is 0 Å². The van der Waals surface area contributed by atoms with Crippen molar-refractivity contribution < 1.29 is 14.7 Å². The van der Waals surface area contributed by atoms with Crippen LogP contribution < -0.4 is 5.32 Å². The fourth-order valence-electron chi connectivity index (χ4n) is 1.21. The van der Waals surface area contributed by atoms with Crippen molar-refractivity contribution in [2.75, 3.05) is 0 Å². The average Bonchev–Trinajstić information content (AvgIpc) is 2.28. The standard InChI is InChI=1S/C12H16N2O3/c1-4-12(2,3)14-10(15)9-8(11(16)17)6-5-7-13-9/h5-7H,4H2,1-3H3,(H,14,15)(H,16,17). The summed E-state index contributed by atoms with van der Waals surface area (Å²) in [6, 6.07) is 2.86. The van der Waals surface area contributed by atoms with Gasteiger partial charge in [0.25, 0.3) is 5.91 Å². The van der Waals surface area contributed by atoms with Crippen molar-refractivity contribution in [2.24, 2.45) is 0 Å². The number of carbonyl (C=O) groups is 2. The maximum absolute atomic E-state index is 11.9. The van der Waals surface area contributed by atoms with Gasteiger partial charge in [0, 0.05) is 11.7 Å². The molecule has 1 amide bonds. The highest BCUT2D eigenvalue weighted by Gasteiger charge is 2.23. The molecule has 1 heterocycles. The Kier molecular flexibility index (Phi) is 3.83. The normalized spacial score (nSPS) is 11.0. The lowest BCUT2D eigenvalue weighted by atomic mass is 10.0. The van der Waals surface area contributed by atoms with E-state index in [4.69, 9.17) is 5.11 Å². The summed E-state index contributed by atoms with van der Waals surface area (Å²) in [6.45, 7) is 5.68. The van der Waals surface area contributed by atoms with Gasteiger partial charge in [-0.25, -0.2) is 4.79 Å². The van der Waals surface area contributed by atoms with Gasteiger partial charge in [0.1, 0.15) is 5.69 Å². The topological polar surface area (TPSA) is 79.3 Å². The smallest absolute Gasteiger partial charge is 0.338 e. The Morgan fingerprint density at radius 1 is 1.47 bits per heavy atom. The highest BCUT2D eigenvalue weighted by molar-refractivity contribution is 6.03. The Balaban J connectivity index is 3.01. The fraction of sp³-hybridized carbons (Fsp3) is 0.417. The van der Waals surface area contributed by atoms with E-state index in [-0.39, 0.29) is 16.8 Å². The maximum atomic E-state index is 11.9. The Bertz CT molecular complexity index is 441. The van der Waals surface area contributed by atoms with E-state index in [0.717, 1.165) is 6.42 Å². The lowest BCUT2D eigenvalue weighted by Gasteiger charge is -2.24. The Morgan fingerprint density at radius 3 is 2.65 bits per heavy atom. The number of aromatic nitrogens is 1. The van der Waals surface area contributed by atoms with Crippen LogP contribution in [0.15, 0.2) is 18.3 Å². The minimum Gasteiger partial charge on any atom is -0.478 e. The van der Waals surface area contributed by atoms with E-state index in [2.05, 4.69) is 10.3 Å². The van der Waals surface area contributed by atoms with Crippen molar-refractivity contribution in [1.82, 2.24) is 10.3 Å². The molecule has 17 heavy (non-hydrogen) atoms. The molecule has 0 fully saturated rings. The van der Waals surface area contributed by atoms with E-state index in [9.17, 15) is 9.59 Å². The molecule has 0 unspecified atom stereocenters. The van der Waals surface area contributed by atoms with Crippen molar-refractivity contribution in [1.29, 1.82) is 0 Å². The fourth-order valence-corrected chi connectivity index (χ4v) is 1.21. The van der Waals surface area contributed by atoms with Crippen LogP contribution in [0.4, 0.5) is 0 Å². The molecule has 0 aromatic carbocycles. The molecule has 1 aromatic heterocycles. The summed E-state index contributed by atoms with van der Waals surface area (Å²) < 4.78 is 0. The number of nitrogens with zero attached hydrogens (tertiary/aromatic N) is 1. The van der Waals surface area contributed by atoms with Crippen LogP contribution in [0, 0.1) is 0 Å². The van der Waals surface area contributed by atoms with Crippen LogP contribution in [-0.4, -0.2) is 27.5 Å². The third-order valence-corrected chi connectivity index (χ3v) is 2.59. The molecule has 92 valence electrons. The van der Waals surface area contributed by atoms with E-state index < -0.39 is 11.9 Å². The van der Waals surface area contributed by atoms with E-state index >= 15 is 0 Å². The van der Waals surface area contributed by atoms with Gasteiger partial charge < -0.3 is 10.4 Å². The second-order valence-corrected chi connectivity index (χ2v) is 4.40. The number of hydrogen-bond donors (Lipinski definition) is 2. The summed E-state index contributed by atoms with van der Waals surface area (Å²) in [7, 11) is 0. The molecule has 5 nitrogen and oxygen atoms in total. The van der Waals surface area contributed by atoms with Crippen molar-refractivity contribution in [3.8, 4) is 0 Å². The van der Waals surface area contributed by atoms with E-state index in [1.807, 2.05) is 20.8 Å². The van der Waals surface area contributed by atoms with Gasteiger partial charge >= 0.3 is 5.97 Å². The molecule has 0 aliphatic carbocycles. The number of carbonyl (C=O) groups excluding carboxylic acids is 1. The summed E-state index contributed by atoms with van der Waals surface area (Å²) in [5, 5.41) is 11.7. The molecule has 1 rings (SSSR count). The quantitative estimate of drug-likeness (QED) is 0.833. The lowest BCUT2D eigenvalue weighted by Crippen LogP contribution is -2.43. The maximum Gasteiger partial charge on any atom is 0.338 e. The molecule has 0 aliphatic rings. The molecule has 5 heteroatoms. The molecule has 0 radical (unpaired) electrons. The number of hydrogen-bond acceptors (Lipinski definition) is 3. The molecule has 0 saturated carbocycles. The Labute approximate surface area is 99.9 Å². The molecule has 2 N–H and O–H groups in total. The van der Waals surface area contributed by atoms with Crippen molar-refractivity contribution in [3.63, 3.8) is 0 Å². The van der Waals surface area contributed by atoms with E-state index in [0.29, 0.717) is 0 Å². The van der Waals surface area contributed by atoms with Crippen LogP contribution in [0.3, 0.4) is 0 Å². The largest absolute Gasteiger partial charge is 0.478 e. The summed E-state index contributed by atoms with van der Waals surface area (Å²) in [6.07, 6.45) is 2.15. The minimum absolute atomic E-state index is 0.0541. The predicted octanol–water partition coefficient (Wildman–Crippen LogP) is 1.70. The molecule has 0 spiro atoms. The van der Waals surface area contributed by atoms with Crippen LogP contribution in [0.2, 0.25) is 0 Å². The van der Waals surface area contributed by atoms with E-state index in [1.54, 1.807) is 0 Å². The number of carboxylic acids is 1. The summed E-state index contributed by atoms with van der Waals surface area (Å²) in [5.41, 5.74) is -0.525. The SMILES string of the molecule is CCC(C)(C)NC(=O)c1ncccc1C(=O)O. The zero-order valence-electron chi connectivity index (χ0n) is 10.2. The molecule has 0 bridgehead atoms. The first-order chi connectivity index (χ1) is 7.87. The zero-order valence-corrected chi connectivity index (χ0v) is 10.2. The van der Waals surface area contributed by atoms with Gasteiger partial charge in [-0.05, 0) is 32.4 Å². The minimum atomic E-state index is -1.16. The predicted molar refractivity (Wildman–Crippen MR) is 63.0 cm³/mol. The lowest BCUT2D eigenvalue weighted by molar-refractivity contribution is 0.0688. The first kappa shape index (κ1) is 13.2. The first-order valence-corrected chi connectivity index (χ1v) is 5.38. The molecular weight excluding hydrogens is 220 g/mol. The van der Waals surface area contributed by atoms with Crippen molar-refractivity contribution in [3.05, 3.63) is 29.6 Å². The highest BCUT2D eigenvalue weighted by Crippen LogP contribution is 2.11. The number of aromatic carboxylic acids is 1. The van der Waals surface area contributed by atoms with Crippen LogP contribution in [0.5, 0.6) is 0 Å². The second-order valence-electron chi connectivity index (χ2n) is 4.40. The highest BCUT2D eigenvalue weighted by atomic mass is 16.4. The van der Waals surface area contributed by atoms with Crippen molar-refractivity contribution in [2.45, 2.75) is 32.7 Å². The Hall–Kier alpha value is -1.91. The second kappa shape index (κ2) is 4.95. The summed E-state index contributed by atoms with van der Waals surface area (Å²) in [5.74, 6) is -1.62. The summed E-state index contributed by atoms with van der Waals surface area (Å²) >= 11 is 0. The molecule has 0 saturated heterocycles. The molecule has 0 atom stereocenters. The third kappa shape index (κ3) is 3.27. The van der Waals surface area contributed by atoms with Crippen LogP contribution >= 0.6 is 0 Å². The van der Waals surface area contributed by atoms with Crippen LogP contribution in [-0.2, 0) is 0 Å². The number of nitrogens with one attached hydrogen (secondary N) is 1. The third-order valence-electron chi connectivity index (χ3n) is 2.59. The number of pyridine rings is 1. The van der Waals surface area contributed by atoms with Gasteiger partial charge in [-0.3, -0.25) is 9.78 Å². The van der Waals surface area contributed by atoms with Gasteiger partial charge in [0.2, 0.25) is 0 Å². The van der Waals surface area contributed by atoms with E-state index in [1.165, 1.54) is 18.3 Å². The zero-order chi connectivity index (χ0) is 13.1. The Morgan fingerprint density at radius 2 is 2.12 bits per heavy atom. The molecular formula is C12H16N2O3. The number of amides is 1. The first-order valence-electron chi connectivity index (χ1n) is 5.38. The monoisotopic (exact) mass is 236 g/mol. The van der Waals surface area contributed by atoms with Crippen LogP contribution in [0.25, 0.3) is 0 Å². The van der Waals surface area contributed by atoms with Gasteiger partial charge in [-0.15, -0.1) is 0 Å². The van der Waals surface area contributed by atoms with Gasteiger partial charge in [0.05, 0.1) is 5.56 Å². The average molecular weight is 236 g/mol. The summed E-state index contributed by atoms with van der Waals surface area (Å²) in [4.78, 5) is 26.7. The van der Waals surface area contributed by atoms with Crippen LogP contribution in [0.1, 0.15) is 48.0 Å². The van der Waals surface area contributed by atoms with Gasteiger partial charge in [-0.1, -0.05) is 6.92 Å². The molecule has 1 aromatic rings. The van der Waals surface area contributed by atoms with Gasteiger partial charge in [0.15, 0.2) is 0 Å². The number of rotatable bonds is 4. The van der Waals surface area contributed by atoms with Crippen molar-refractivity contribution >= 4 is 11.9 Å². The molecule has 0 aliphatic heterocycles. The number of carboxylic acid groups (broad SMARTS) is 1.